The van der Waals surface area contributed by atoms with Crippen LogP contribution in [0.2, 0.25) is 0 Å². The minimum Gasteiger partial charge on any atom is -0.380 e. The van der Waals surface area contributed by atoms with Gasteiger partial charge in [-0.1, -0.05) is 33.1 Å². The van der Waals surface area contributed by atoms with Crippen LogP contribution < -0.4 is 5.32 Å². The van der Waals surface area contributed by atoms with Crippen molar-refractivity contribution in [3.05, 3.63) is 0 Å². The SMILES string of the molecule is CCCC(C)CNC1CCCCC1OC. The lowest BCUT2D eigenvalue weighted by atomic mass is 9.92. The van der Waals surface area contributed by atoms with Gasteiger partial charge in [-0.2, -0.15) is 0 Å². The van der Waals surface area contributed by atoms with Gasteiger partial charge in [0.25, 0.3) is 0 Å². The molecule has 1 aliphatic carbocycles. The summed E-state index contributed by atoms with van der Waals surface area (Å²) in [5.41, 5.74) is 0. The molecule has 3 unspecified atom stereocenters. The van der Waals surface area contributed by atoms with E-state index in [2.05, 4.69) is 19.2 Å². The standard InChI is InChI=1S/C13H27NO/c1-4-7-11(2)10-14-12-8-5-6-9-13(12)15-3/h11-14H,4-10H2,1-3H3. The molecule has 0 aromatic rings. The predicted octanol–water partition coefficient (Wildman–Crippen LogP) is 2.97. The number of nitrogens with one attached hydrogen (secondary N) is 1. The molecule has 0 amide bonds. The molecule has 2 nitrogen and oxygen atoms in total. The highest BCUT2D eigenvalue weighted by molar-refractivity contribution is 4.81. The Bertz CT molecular complexity index is 161. The number of methoxy groups -OCH3 is 1. The Morgan fingerprint density at radius 2 is 2.07 bits per heavy atom. The summed E-state index contributed by atoms with van der Waals surface area (Å²) >= 11 is 0. The lowest BCUT2D eigenvalue weighted by Crippen LogP contribution is -2.44. The van der Waals surface area contributed by atoms with Crippen LogP contribution in [0, 0.1) is 5.92 Å². The number of ether oxygens (including phenoxy) is 1. The molecule has 2 heteroatoms. The molecule has 0 bridgehead atoms. The number of rotatable bonds is 6. The summed E-state index contributed by atoms with van der Waals surface area (Å²) < 4.78 is 5.53. The van der Waals surface area contributed by atoms with E-state index in [1.807, 2.05) is 7.11 Å². The average Bonchev–Trinajstić information content (AvgIpc) is 2.27. The highest BCUT2D eigenvalue weighted by Crippen LogP contribution is 2.21. The second-order valence-corrected chi connectivity index (χ2v) is 4.97. The first kappa shape index (κ1) is 13.0. The fourth-order valence-electron chi connectivity index (χ4n) is 2.56. The molecule has 0 heterocycles. The van der Waals surface area contributed by atoms with Gasteiger partial charge in [0.15, 0.2) is 0 Å². The van der Waals surface area contributed by atoms with E-state index in [0.717, 1.165) is 12.5 Å². The number of hydrogen-bond acceptors (Lipinski definition) is 2. The van der Waals surface area contributed by atoms with Gasteiger partial charge in [-0.3, -0.25) is 0 Å². The zero-order valence-corrected chi connectivity index (χ0v) is 10.6. The van der Waals surface area contributed by atoms with E-state index in [4.69, 9.17) is 4.74 Å². The molecule has 1 rings (SSSR count). The third kappa shape index (κ3) is 4.52. The van der Waals surface area contributed by atoms with Crippen LogP contribution in [0.4, 0.5) is 0 Å². The van der Waals surface area contributed by atoms with E-state index in [9.17, 15) is 0 Å². The van der Waals surface area contributed by atoms with Gasteiger partial charge in [-0.25, -0.2) is 0 Å². The van der Waals surface area contributed by atoms with Crippen molar-refractivity contribution in [3.8, 4) is 0 Å². The Balaban J connectivity index is 2.22. The van der Waals surface area contributed by atoms with E-state index in [-0.39, 0.29) is 0 Å². The molecule has 1 fully saturated rings. The Kier molecular flexibility index (Phi) is 6.26. The van der Waals surface area contributed by atoms with Gasteiger partial charge in [-0.15, -0.1) is 0 Å². The zero-order chi connectivity index (χ0) is 11.1. The van der Waals surface area contributed by atoms with Gasteiger partial charge in [0.05, 0.1) is 6.10 Å². The van der Waals surface area contributed by atoms with Crippen molar-refractivity contribution >= 4 is 0 Å². The largest absolute Gasteiger partial charge is 0.380 e. The molecule has 0 radical (unpaired) electrons. The Hall–Kier alpha value is -0.0800. The van der Waals surface area contributed by atoms with Gasteiger partial charge in [-0.05, 0) is 31.7 Å². The van der Waals surface area contributed by atoms with Crippen LogP contribution in [-0.4, -0.2) is 25.8 Å². The second-order valence-electron chi connectivity index (χ2n) is 4.97. The van der Waals surface area contributed by atoms with Crippen molar-refractivity contribution in [1.29, 1.82) is 0 Å². The third-order valence-corrected chi connectivity index (χ3v) is 3.52. The second kappa shape index (κ2) is 7.24. The molecule has 1 N–H and O–H groups in total. The lowest BCUT2D eigenvalue weighted by Gasteiger charge is -2.32. The fourth-order valence-corrected chi connectivity index (χ4v) is 2.56. The Labute approximate surface area is 94.8 Å². The van der Waals surface area contributed by atoms with Gasteiger partial charge >= 0.3 is 0 Å². The first-order chi connectivity index (χ1) is 7.27. The van der Waals surface area contributed by atoms with E-state index in [1.54, 1.807) is 0 Å². The monoisotopic (exact) mass is 213 g/mol. The molecule has 0 spiro atoms. The summed E-state index contributed by atoms with van der Waals surface area (Å²) in [4.78, 5) is 0. The maximum absolute atomic E-state index is 5.53. The van der Waals surface area contributed by atoms with Crippen molar-refractivity contribution in [1.82, 2.24) is 5.32 Å². The first-order valence-corrected chi connectivity index (χ1v) is 6.54. The summed E-state index contributed by atoms with van der Waals surface area (Å²) in [6.07, 6.45) is 8.29. The van der Waals surface area contributed by atoms with Crippen LogP contribution in [0.3, 0.4) is 0 Å². The zero-order valence-electron chi connectivity index (χ0n) is 10.6. The van der Waals surface area contributed by atoms with Crippen molar-refractivity contribution in [3.63, 3.8) is 0 Å². The quantitative estimate of drug-likeness (QED) is 0.732. The Morgan fingerprint density at radius 1 is 1.33 bits per heavy atom. The van der Waals surface area contributed by atoms with Crippen molar-refractivity contribution < 1.29 is 4.74 Å². The molecule has 1 aliphatic rings. The van der Waals surface area contributed by atoms with Crippen LogP contribution in [-0.2, 0) is 4.74 Å². The van der Waals surface area contributed by atoms with E-state index >= 15 is 0 Å². The van der Waals surface area contributed by atoms with Crippen LogP contribution in [0.5, 0.6) is 0 Å². The normalized spacial score (nSPS) is 29.0. The molecule has 1 saturated carbocycles. The summed E-state index contributed by atoms with van der Waals surface area (Å²) in [5, 5.41) is 3.68. The molecule has 0 aromatic heterocycles. The average molecular weight is 213 g/mol. The summed E-state index contributed by atoms with van der Waals surface area (Å²) in [7, 11) is 1.85. The van der Waals surface area contributed by atoms with Crippen LogP contribution >= 0.6 is 0 Å². The van der Waals surface area contributed by atoms with E-state index in [1.165, 1.54) is 38.5 Å². The maximum Gasteiger partial charge on any atom is 0.0724 e. The molecule has 0 aromatic carbocycles. The topological polar surface area (TPSA) is 21.3 Å². The molecule has 0 saturated heterocycles. The summed E-state index contributed by atoms with van der Waals surface area (Å²) in [6, 6.07) is 0.600. The van der Waals surface area contributed by atoms with E-state index < -0.39 is 0 Å². The van der Waals surface area contributed by atoms with Crippen molar-refractivity contribution in [2.75, 3.05) is 13.7 Å². The van der Waals surface area contributed by atoms with Crippen molar-refractivity contribution in [2.45, 2.75) is 64.5 Å². The fraction of sp³-hybridized carbons (Fsp3) is 1.00. The summed E-state index contributed by atoms with van der Waals surface area (Å²) in [6.45, 7) is 5.74. The van der Waals surface area contributed by atoms with Gasteiger partial charge in [0.1, 0.15) is 0 Å². The van der Waals surface area contributed by atoms with Crippen LogP contribution in [0.15, 0.2) is 0 Å². The van der Waals surface area contributed by atoms with E-state index in [0.29, 0.717) is 12.1 Å². The van der Waals surface area contributed by atoms with Gasteiger partial charge in [0.2, 0.25) is 0 Å². The lowest BCUT2D eigenvalue weighted by molar-refractivity contribution is 0.0406. The molecular weight excluding hydrogens is 186 g/mol. The highest BCUT2D eigenvalue weighted by Gasteiger charge is 2.24. The van der Waals surface area contributed by atoms with Crippen LogP contribution in [0.1, 0.15) is 52.4 Å². The molecular formula is C13H27NO. The smallest absolute Gasteiger partial charge is 0.0724 e. The highest BCUT2D eigenvalue weighted by atomic mass is 16.5. The minimum atomic E-state index is 0.451. The molecule has 3 atom stereocenters. The molecule has 90 valence electrons. The molecule has 15 heavy (non-hydrogen) atoms. The van der Waals surface area contributed by atoms with Crippen LogP contribution in [0.25, 0.3) is 0 Å². The van der Waals surface area contributed by atoms with Gasteiger partial charge < -0.3 is 10.1 Å². The van der Waals surface area contributed by atoms with Crippen molar-refractivity contribution in [2.24, 2.45) is 5.92 Å². The molecule has 0 aliphatic heterocycles. The first-order valence-electron chi connectivity index (χ1n) is 6.54. The van der Waals surface area contributed by atoms with Gasteiger partial charge in [0, 0.05) is 13.2 Å². The maximum atomic E-state index is 5.53. The Morgan fingerprint density at radius 3 is 2.73 bits per heavy atom. The number of hydrogen-bond donors (Lipinski definition) is 1. The summed E-state index contributed by atoms with van der Waals surface area (Å²) in [5.74, 6) is 0.800. The third-order valence-electron chi connectivity index (χ3n) is 3.52. The predicted molar refractivity (Wildman–Crippen MR) is 65.1 cm³/mol. The minimum absolute atomic E-state index is 0.451.